The maximum atomic E-state index is 13.4. The predicted molar refractivity (Wildman–Crippen MR) is 67.6 cm³/mol. The molecule has 0 aliphatic carbocycles. The first kappa shape index (κ1) is 13.1. The molecule has 4 nitrogen and oxygen atoms in total. The summed E-state index contributed by atoms with van der Waals surface area (Å²) in [6, 6.07) is 4.20. The van der Waals surface area contributed by atoms with E-state index in [4.69, 9.17) is 0 Å². The number of rotatable bonds is 4. The van der Waals surface area contributed by atoms with Crippen LogP contribution in [0.1, 0.15) is 32.8 Å². The van der Waals surface area contributed by atoms with Gasteiger partial charge in [0.05, 0.1) is 12.7 Å². The van der Waals surface area contributed by atoms with Gasteiger partial charge in [-0.05, 0) is 18.6 Å². The molecule has 1 heterocycles. The molecule has 5 heteroatoms. The van der Waals surface area contributed by atoms with Gasteiger partial charge >= 0.3 is 0 Å². The van der Waals surface area contributed by atoms with E-state index in [9.17, 15) is 14.0 Å². The molecule has 0 fully saturated rings. The smallest absolute Gasteiger partial charge is 0.190 e. The van der Waals surface area contributed by atoms with Crippen LogP contribution in [0.2, 0.25) is 0 Å². The van der Waals surface area contributed by atoms with Gasteiger partial charge in [0.2, 0.25) is 0 Å². The minimum atomic E-state index is -0.448. The van der Waals surface area contributed by atoms with Gasteiger partial charge in [-0.15, -0.1) is 0 Å². The van der Waals surface area contributed by atoms with Gasteiger partial charge in [-0.1, -0.05) is 12.1 Å². The summed E-state index contributed by atoms with van der Waals surface area (Å²) in [4.78, 5) is 27.6. The summed E-state index contributed by atoms with van der Waals surface area (Å²) in [5, 5.41) is 0. The van der Waals surface area contributed by atoms with Crippen molar-refractivity contribution in [3.05, 3.63) is 53.4 Å². The zero-order chi connectivity index (χ0) is 14.0. The molecule has 0 aliphatic heterocycles. The zero-order valence-corrected chi connectivity index (χ0v) is 10.7. The fourth-order valence-electron chi connectivity index (χ4n) is 1.66. The molecule has 0 saturated heterocycles. The number of halogens is 1. The Labute approximate surface area is 109 Å². The molecule has 0 aliphatic rings. The van der Waals surface area contributed by atoms with Gasteiger partial charge in [-0.2, -0.15) is 0 Å². The molecule has 19 heavy (non-hydrogen) atoms. The Balaban J connectivity index is 2.12. The summed E-state index contributed by atoms with van der Waals surface area (Å²) in [5.41, 5.74) is 0.906. The number of ketones is 2. The molecule has 0 atom stereocenters. The van der Waals surface area contributed by atoms with Crippen molar-refractivity contribution in [2.75, 3.05) is 0 Å². The minimum absolute atomic E-state index is 0.201. The maximum absolute atomic E-state index is 13.4. The number of Topliss-reactive ketones (excluding diaryl/α,β-unsaturated/α-hetero) is 2. The van der Waals surface area contributed by atoms with E-state index < -0.39 is 11.6 Å². The first-order valence-corrected chi connectivity index (χ1v) is 5.78. The molecule has 0 saturated carbocycles. The molecular weight excluding hydrogens is 247 g/mol. The van der Waals surface area contributed by atoms with Gasteiger partial charge < -0.3 is 4.57 Å². The minimum Gasteiger partial charge on any atom is -0.340 e. The summed E-state index contributed by atoms with van der Waals surface area (Å²) in [6.07, 6.45) is 2.73. The summed E-state index contributed by atoms with van der Waals surface area (Å²) >= 11 is 0. The quantitative estimate of drug-likeness (QED) is 0.626. The van der Waals surface area contributed by atoms with E-state index in [-0.39, 0.29) is 23.5 Å². The van der Waals surface area contributed by atoms with Crippen molar-refractivity contribution in [3.63, 3.8) is 0 Å². The second kappa shape index (κ2) is 5.14. The molecule has 0 unspecified atom stereocenters. The zero-order valence-electron chi connectivity index (χ0n) is 10.7. The number of nitrogens with zero attached hydrogens (tertiary/aromatic N) is 2. The van der Waals surface area contributed by atoms with Crippen LogP contribution < -0.4 is 0 Å². The highest BCUT2D eigenvalue weighted by Crippen LogP contribution is 2.12. The number of imidazole rings is 1. The highest BCUT2D eigenvalue weighted by molar-refractivity contribution is 6.12. The topological polar surface area (TPSA) is 52.0 Å². The number of carbonyl (C=O) groups excluding carboxylic acids is 2. The normalized spacial score (nSPS) is 10.5. The van der Waals surface area contributed by atoms with Crippen molar-refractivity contribution >= 4 is 11.6 Å². The summed E-state index contributed by atoms with van der Waals surface area (Å²) in [7, 11) is 1.74. The van der Waals surface area contributed by atoms with Gasteiger partial charge in [0, 0.05) is 18.8 Å². The molecule has 0 radical (unpaired) electrons. The van der Waals surface area contributed by atoms with Crippen molar-refractivity contribution in [2.24, 2.45) is 7.05 Å². The number of hydrogen-bond donors (Lipinski definition) is 0. The van der Waals surface area contributed by atoms with E-state index >= 15 is 0 Å². The summed E-state index contributed by atoms with van der Waals surface area (Å²) < 4.78 is 15.0. The average Bonchev–Trinajstić information content (AvgIpc) is 2.79. The van der Waals surface area contributed by atoms with E-state index in [1.165, 1.54) is 18.5 Å². The van der Waals surface area contributed by atoms with E-state index in [1.54, 1.807) is 24.7 Å². The van der Waals surface area contributed by atoms with Crippen LogP contribution >= 0.6 is 0 Å². The average molecular weight is 260 g/mol. The molecule has 0 spiro atoms. The standard InChI is InChI=1S/C14H13FN2O2/c1-9-3-4-10(5-11(9)15)13(18)6-14(19)12-7-17(2)8-16-12/h3-5,7-8H,6H2,1-2H3. The second-order valence-corrected chi connectivity index (χ2v) is 4.41. The van der Waals surface area contributed by atoms with Crippen molar-refractivity contribution in [1.82, 2.24) is 9.55 Å². The lowest BCUT2D eigenvalue weighted by molar-refractivity contribution is 0.0891. The Morgan fingerprint density at radius 2 is 2.05 bits per heavy atom. The Kier molecular flexibility index (Phi) is 3.55. The van der Waals surface area contributed by atoms with Gasteiger partial charge in [-0.25, -0.2) is 9.37 Å². The van der Waals surface area contributed by atoms with Crippen LogP contribution in [0.3, 0.4) is 0 Å². The van der Waals surface area contributed by atoms with Crippen LogP contribution in [0.5, 0.6) is 0 Å². The SMILES string of the molecule is Cc1ccc(C(=O)CC(=O)c2cn(C)cn2)cc1F. The van der Waals surface area contributed by atoms with Gasteiger partial charge in [0.15, 0.2) is 11.6 Å². The first-order valence-electron chi connectivity index (χ1n) is 5.78. The van der Waals surface area contributed by atoms with E-state index in [0.29, 0.717) is 5.56 Å². The molecule has 2 aromatic rings. The second-order valence-electron chi connectivity index (χ2n) is 4.41. The number of aromatic nitrogens is 2. The van der Waals surface area contributed by atoms with E-state index in [0.717, 1.165) is 6.07 Å². The van der Waals surface area contributed by atoms with Crippen LogP contribution in [-0.2, 0) is 7.05 Å². The van der Waals surface area contributed by atoms with Crippen LogP contribution in [-0.4, -0.2) is 21.1 Å². The van der Waals surface area contributed by atoms with Gasteiger partial charge in [0.25, 0.3) is 0 Å². The Bertz CT molecular complexity index is 647. The molecule has 98 valence electrons. The van der Waals surface area contributed by atoms with Crippen molar-refractivity contribution in [1.29, 1.82) is 0 Å². The number of carbonyl (C=O) groups is 2. The maximum Gasteiger partial charge on any atom is 0.190 e. The Morgan fingerprint density at radius 1 is 1.32 bits per heavy atom. The highest BCUT2D eigenvalue weighted by Gasteiger charge is 2.16. The van der Waals surface area contributed by atoms with Crippen molar-refractivity contribution < 1.29 is 14.0 Å². The number of hydrogen-bond acceptors (Lipinski definition) is 3. The molecule has 1 aromatic heterocycles. The van der Waals surface area contributed by atoms with Gasteiger partial charge in [-0.3, -0.25) is 9.59 Å². The van der Waals surface area contributed by atoms with Crippen LogP contribution in [0.15, 0.2) is 30.7 Å². The Morgan fingerprint density at radius 3 is 2.63 bits per heavy atom. The van der Waals surface area contributed by atoms with Crippen LogP contribution in [0.4, 0.5) is 4.39 Å². The Hall–Kier alpha value is -2.30. The molecule has 0 amide bonds. The number of benzene rings is 1. The monoisotopic (exact) mass is 260 g/mol. The number of aryl methyl sites for hydroxylation is 2. The summed E-state index contributed by atoms with van der Waals surface area (Å²) in [5.74, 6) is -1.22. The predicted octanol–water partition coefficient (Wildman–Crippen LogP) is 2.32. The molecular formula is C14H13FN2O2. The highest BCUT2D eigenvalue weighted by atomic mass is 19.1. The molecule has 1 aromatic carbocycles. The lowest BCUT2D eigenvalue weighted by Crippen LogP contribution is -2.09. The van der Waals surface area contributed by atoms with Crippen molar-refractivity contribution in [2.45, 2.75) is 13.3 Å². The van der Waals surface area contributed by atoms with E-state index in [2.05, 4.69) is 4.98 Å². The van der Waals surface area contributed by atoms with Gasteiger partial charge in [0.1, 0.15) is 11.5 Å². The fraction of sp³-hybridized carbons (Fsp3) is 0.214. The third-order valence-electron chi connectivity index (χ3n) is 2.81. The fourth-order valence-corrected chi connectivity index (χ4v) is 1.66. The molecule has 0 bridgehead atoms. The lowest BCUT2D eigenvalue weighted by atomic mass is 10.0. The first-order chi connectivity index (χ1) is 8.97. The molecule has 0 N–H and O–H groups in total. The lowest BCUT2D eigenvalue weighted by Gasteiger charge is -2.01. The largest absolute Gasteiger partial charge is 0.340 e. The third-order valence-corrected chi connectivity index (χ3v) is 2.81. The van der Waals surface area contributed by atoms with E-state index in [1.807, 2.05) is 0 Å². The van der Waals surface area contributed by atoms with Crippen molar-refractivity contribution in [3.8, 4) is 0 Å². The summed E-state index contributed by atoms with van der Waals surface area (Å²) in [6.45, 7) is 1.61. The third kappa shape index (κ3) is 2.93. The molecule has 2 rings (SSSR count). The van der Waals surface area contributed by atoms with Crippen LogP contribution in [0.25, 0.3) is 0 Å². The van der Waals surface area contributed by atoms with Crippen LogP contribution in [0, 0.1) is 12.7 Å².